The summed E-state index contributed by atoms with van der Waals surface area (Å²) in [4.78, 5) is 12.8. The third kappa shape index (κ3) is 4.30. The standard InChI is InChI=1S/C24H26O3/c1-3-18(15-17-11-7-5-8-12-17)22-16-21(25)23(24(26)27-22)20(4-2)19-13-9-6-10-14-19/h5-14,16,18,20,25H,3-4,15H2,1-2H3/t18-,20-/m1/s1. The summed E-state index contributed by atoms with van der Waals surface area (Å²) in [6.45, 7) is 4.08. The van der Waals surface area contributed by atoms with Gasteiger partial charge in [0.25, 0.3) is 0 Å². The smallest absolute Gasteiger partial charge is 0.343 e. The molecule has 0 radical (unpaired) electrons. The van der Waals surface area contributed by atoms with E-state index in [0.29, 0.717) is 17.7 Å². The van der Waals surface area contributed by atoms with E-state index in [4.69, 9.17) is 4.42 Å². The minimum atomic E-state index is -0.438. The lowest BCUT2D eigenvalue weighted by molar-refractivity contribution is 0.381. The minimum Gasteiger partial charge on any atom is -0.507 e. The fraction of sp³-hybridized carbons (Fsp3) is 0.292. The Labute approximate surface area is 160 Å². The van der Waals surface area contributed by atoms with Crippen LogP contribution in [0.25, 0.3) is 0 Å². The van der Waals surface area contributed by atoms with Crippen LogP contribution in [0.4, 0.5) is 0 Å². The Morgan fingerprint density at radius 1 is 0.926 bits per heavy atom. The highest BCUT2D eigenvalue weighted by molar-refractivity contribution is 5.40. The maximum Gasteiger partial charge on any atom is 0.343 e. The second-order valence-corrected chi connectivity index (χ2v) is 6.90. The van der Waals surface area contributed by atoms with Crippen LogP contribution in [-0.2, 0) is 6.42 Å². The van der Waals surface area contributed by atoms with Crippen molar-refractivity contribution in [2.45, 2.75) is 44.9 Å². The lowest BCUT2D eigenvalue weighted by atomic mass is 9.88. The molecular formula is C24H26O3. The zero-order valence-electron chi connectivity index (χ0n) is 15.9. The zero-order valence-corrected chi connectivity index (χ0v) is 15.9. The van der Waals surface area contributed by atoms with E-state index in [-0.39, 0.29) is 17.6 Å². The predicted molar refractivity (Wildman–Crippen MR) is 108 cm³/mol. The Morgan fingerprint density at radius 3 is 2.11 bits per heavy atom. The van der Waals surface area contributed by atoms with Gasteiger partial charge in [-0.15, -0.1) is 0 Å². The zero-order chi connectivity index (χ0) is 19.2. The highest BCUT2D eigenvalue weighted by Crippen LogP contribution is 2.34. The summed E-state index contributed by atoms with van der Waals surface area (Å²) in [5, 5.41) is 10.7. The molecule has 0 fully saturated rings. The van der Waals surface area contributed by atoms with Gasteiger partial charge in [-0.05, 0) is 30.4 Å². The molecule has 0 bridgehead atoms. The first-order valence-electron chi connectivity index (χ1n) is 9.59. The van der Waals surface area contributed by atoms with Gasteiger partial charge in [-0.1, -0.05) is 74.5 Å². The van der Waals surface area contributed by atoms with Crippen LogP contribution in [-0.4, -0.2) is 5.11 Å². The molecule has 0 spiro atoms. The third-order valence-corrected chi connectivity index (χ3v) is 5.16. The summed E-state index contributed by atoms with van der Waals surface area (Å²) in [5.74, 6) is 0.460. The van der Waals surface area contributed by atoms with Crippen LogP contribution in [0.1, 0.15) is 61.0 Å². The van der Waals surface area contributed by atoms with Gasteiger partial charge in [0.1, 0.15) is 11.5 Å². The van der Waals surface area contributed by atoms with Gasteiger partial charge in [0, 0.05) is 17.9 Å². The molecule has 3 rings (SSSR count). The normalized spacial score (nSPS) is 13.3. The first-order chi connectivity index (χ1) is 13.1. The molecule has 0 unspecified atom stereocenters. The maximum atomic E-state index is 12.8. The van der Waals surface area contributed by atoms with Gasteiger partial charge >= 0.3 is 5.63 Å². The highest BCUT2D eigenvalue weighted by Gasteiger charge is 2.24. The van der Waals surface area contributed by atoms with Crippen molar-refractivity contribution >= 4 is 0 Å². The summed E-state index contributed by atoms with van der Waals surface area (Å²) in [6.07, 6.45) is 2.31. The van der Waals surface area contributed by atoms with Gasteiger partial charge in [-0.2, -0.15) is 0 Å². The van der Waals surface area contributed by atoms with Gasteiger partial charge in [-0.3, -0.25) is 0 Å². The molecule has 0 aliphatic heterocycles. The predicted octanol–water partition coefficient (Wildman–Crippen LogP) is 5.62. The van der Waals surface area contributed by atoms with Gasteiger partial charge in [0.2, 0.25) is 0 Å². The van der Waals surface area contributed by atoms with E-state index in [1.54, 1.807) is 6.07 Å². The Balaban J connectivity index is 1.95. The van der Waals surface area contributed by atoms with E-state index in [2.05, 4.69) is 19.1 Å². The van der Waals surface area contributed by atoms with E-state index in [9.17, 15) is 9.90 Å². The van der Waals surface area contributed by atoms with Crippen LogP contribution < -0.4 is 5.63 Å². The minimum absolute atomic E-state index is 0.0310. The molecule has 27 heavy (non-hydrogen) atoms. The molecule has 0 saturated heterocycles. The summed E-state index contributed by atoms with van der Waals surface area (Å²) >= 11 is 0. The number of hydrogen-bond acceptors (Lipinski definition) is 3. The molecule has 2 atom stereocenters. The second kappa shape index (κ2) is 8.72. The molecule has 0 saturated carbocycles. The van der Waals surface area contributed by atoms with Crippen molar-refractivity contribution < 1.29 is 9.52 Å². The first kappa shape index (κ1) is 19.0. The van der Waals surface area contributed by atoms with Crippen molar-refractivity contribution in [1.29, 1.82) is 0 Å². The lowest BCUT2D eigenvalue weighted by Crippen LogP contribution is -2.16. The molecule has 0 amide bonds. The molecule has 1 aromatic heterocycles. The number of benzene rings is 2. The van der Waals surface area contributed by atoms with Crippen molar-refractivity contribution in [3.05, 3.63) is 99.6 Å². The molecule has 1 N–H and O–H groups in total. The molecule has 0 aliphatic rings. The molecule has 3 nitrogen and oxygen atoms in total. The third-order valence-electron chi connectivity index (χ3n) is 5.16. The van der Waals surface area contributed by atoms with E-state index < -0.39 is 5.63 Å². The molecular weight excluding hydrogens is 336 g/mol. The molecule has 140 valence electrons. The Morgan fingerprint density at radius 2 is 1.56 bits per heavy atom. The highest BCUT2D eigenvalue weighted by atomic mass is 16.4. The average molecular weight is 362 g/mol. The van der Waals surface area contributed by atoms with Crippen LogP contribution in [0.2, 0.25) is 0 Å². The van der Waals surface area contributed by atoms with Crippen molar-refractivity contribution in [3.63, 3.8) is 0 Å². The summed E-state index contributed by atoms with van der Waals surface area (Å²) in [6, 6.07) is 21.5. The van der Waals surface area contributed by atoms with Crippen molar-refractivity contribution in [2.24, 2.45) is 0 Å². The van der Waals surface area contributed by atoms with Gasteiger partial charge in [0.15, 0.2) is 0 Å². The van der Waals surface area contributed by atoms with Crippen LogP contribution >= 0.6 is 0 Å². The van der Waals surface area contributed by atoms with Crippen molar-refractivity contribution in [2.75, 3.05) is 0 Å². The molecule has 3 heteroatoms. The number of hydrogen-bond donors (Lipinski definition) is 1. The van der Waals surface area contributed by atoms with E-state index in [0.717, 1.165) is 18.4 Å². The lowest BCUT2D eigenvalue weighted by Gasteiger charge is -2.19. The topological polar surface area (TPSA) is 50.4 Å². The van der Waals surface area contributed by atoms with E-state index in [1.807, 2.05) is 55.5 Å². The van der Waals surface area contributed by atoms with Gasteiger partial charge in [-0.25, -0.2) is 4.79 Å². The SMILES string of the molecule is CC[C@H](Cc1ccccc1)c1cc(O)c([C@H](CC)c2ccccc2)c(=O)o1. The Bertz CT molecular complexity index is 913. The molecule has 0 aliphatic carbocycles. The van der Waals surface area contributed by atoms with Crippen LogP contribution in [0.3, 0.4) is 0 Å². The van der Waals surface area contributed by atoms with Crippen LogP contribution in [0.15, 0.2) is 75.9 Å². The Kier molecular flexibility index (Phi) is 6.12. The summed E-state index contributed by atoms with van der Waals surface area (Å²) in [7, 11) is 0. The Hall–Kier alpha value is -2.81. The number of rotatable bonds is 7. The largest absolute Gasteiger partial charge is 0.507 e. The summed E-state index contributed by atoms with van der Waals surface area (Å²) in [5.41, 5.74) is 2.10. The van der Waals surface area contributed by atoms with E-state index in [1.165, 1.54) is 5.56 Å². The first-order valence-corrected chi connectivity index (χ1v) is 9.59. The molecule has 1 heterocycles. The van der Waals surface area contributed by atoms with Crippen LogP contribution in [0, 0.1) is 0 Å². The van der Waals surface area contributed by atoms with Crippen molar-refractivity contribution in [3.8, 4) is 5.75 Å². The van der Waals surface area contributed by atoms with E-state index >= 15 is 0 Å². The van der Waals surface area contributed by atoms with Crippen molar-refractivity contribution in [1.82, 2.24) is 0 Å². The van der Waals surface area contributed by atoms with Crippen LogP contribution in [0.5, 0.6) is 5.75 Å². The fourth-order valence-corrected chi connectivity index (χ4v) is 3.67. The second-order valence-electron chi connectivity index (χ2n) is 6.90. The quantitative estimate of drug-likeness (QED) is 0.593. The summed E-state index contributed by atoms with van der Waals surface area (Å²) < 4.78 is 5.70. The van der Waals surface area contributed by atoms with Gasteiger partial charge in [0.05, 0.1) is 5.56 Å². The molecule has 3 aromatic rings. The maximum absolute atomic E-state index is 12.8. The monoisotopic (exact) mass is 362 g/mol. The fourth-order valence-electron chi connectivity index (χ4n) is 3.67. The van der Waals surface area contributed by atoms with Gasteiger partial charge < -0.3 is 9.52 Å². The molecule has 2 aromatic carbocycles. The number of aromatic hydroxyl groups is 1. The average Bonchev–Trinajstić information content (AvgIpc) is 2.70.